The van der Waals surface area contributed by atoms with Crippen molar-refractivity contribution in [2.45, 2.75) is 131 Å². The van der Waals surface area contributed by atoms with Crippen molar-refractivity contribution in [3.05, 3.63) is 50.8 Å². The number of ether oxygens (including phenoxy) is 3. The summed E-state index contributed by atoms with van der Waals surface area (Å²) in [7, 11) is 0. The number of fused-ring (bicyclic) bond motifs is 2. The highest BCUT2D eigenvalue weighted by atomic mass is 19.4. The van der Waals surface area contributed by atoms with Gasteiger partial charge >= 0.3 is 18.1 Å². The number of amides is 1. The van der Waals surface area contributed by atoms with Crippen molar-refractivity contribution < 1.29 is 41.4 Å². The molecule has 4 atom stereocenters. The van der Waals surface area contributed by atoms with Crippen LogP contribution in [0.2, 0.25) is 0 Å². The number of nitrogens with zero attached hydrogens (tertiary/aromatic N) is 1. The minimum atomic E-state index is -5.01. The van der Waals surface area contributed by atoms with Gasteiger partial charge in [0.05, 0.1) is 12.2 Å². The third-order valence-corrected chi connectivity index (χ3v) is 10.7. The Balaban J connectivity index is 1.74. The van der Waals surface area contributed by atoms with Crippen molar-refractivity contribution in [1.82, 2.24) is 4.90 Å². The molecule has 1 aliphatic carbocycles. The molecule has 2 aromatic carbocycles. The van der Waals surface area contributed by atoms with Crippen molar-refractivity contribution in [3.63, 3.8) is 0 Å². The van der Waals surface area contributed by atoms with Crippen LogP contribution in [0.15, 0.2) is 6.07 Å². The van der Waals surface area contributed by atoms with Crippen LogP contribution in [0.5, 0.6) is 5.75 Å². The number of carbonyl (C=O) groups is 2. The molecule has 2 aliphatic heterocycles. The summed E-state index contributed by atoms with van der Waals surface area (Å²) in [6.07, 6.45) is -2.29. The van der Waals surface area contributed by atoms with Crippen LogP contribution >= 0.6 is 0 Å². The lowest BCUT2D eigenvalue weighted by molar-refractivity contribution is -0.186. The Morgan fingerprint density at radius 3 is 2.31 bits per heavy atom. The van der Waals surface area contributed by atoms with E-state index in [4.69, 9.17) is 14.2 Å². The molecule has 0 radical (unpaired) electrons. The molecular weight excluding hydrogens is 638 g/mol. The normalized spacial score (nSPS) is 21.9. The fraction of sp³-hybridized carbons (Fsp3) is 0.641. The number of halogens is 4. The Morgan fingerprint density at radius 2 is 1.67 bits per heavy atom. The van der Waals surface area contributed by atoms with Crippen LogP contribution in [0, 0.1) is 44.3 Å². The van der Waals surface area contributed by atoms with Crippen molar-refractivity contribution in [2.24, 2.45) is 17.8 Å². The van der Waals surface area contributed by atoms with Gasteiger partial charge in [-0.15, -0.1) is 0 Å². The minimum Gasteiger partial charge on any atom is -0.490 e. The van der Waals surface area contributed by atoms with Crippen molar-refractivity contribution in [2.75, 3.05) is 13.2 Å². The van der Waals surface area contributed by atoms with Gasteiger partial charge in [0.1, 0.15) is 6.10 Å². The Bertz CT molecular complexity index is 1610. The molecule has 270 valence electrons. The van der Waals surface area contributed by atoms with E-state index in [1.165, 1.54) is 6.07 Å². The standard InChI is InChI=1S/C39H51F4NO5/c1-20(2)25-13-12-21(3)17-31(25)48-36(45)35(49-38(7,8)9)33-23(5)26-14-15-44(37(46)39(41,42)43)19-29(26)24(6)32(33)28-18-30(40)34-27(22(28)4)11-10-16-47-34/h18,20-21,25,31,35H,10-17,19H2,1-9H3/t21-,25+,31-,35+/m1/s1. The maximum absolute atomic E-state index is 15.9. The molecule has 2 heterocycles. The highest BCUT2D eigenvalue weighted by Gasteiger charge is 2.45. The maximum atomic E-state index is 15.9. The molecule has 0 N–H and O–H groups in total. The van der Waals surface area contributed by atoms with Crippen molar-refractivity contribution in [1.29, 1.82) is 0 Å². The SMILES string of the molecule is Cc1c(-c2c(C)c3c(c(C)c2[C@H](OC(C)(C)C)C(=O)O[C@@H]2C[C@H](C)CC[C@H]2C(C)C)CCN(C(=O)C(F)(F)F)C3)cc(F)c2c1CCCO2. The molecule has 49 heavy (non-hydrogen) atoms. The minimum absolute atomic E-state index is 0.125. The van der Waals surface area contributed by atoms with Crippen LogP contribution in [-0.4, -0.2) is 47.8 Å². The predicted octanol–water partition coefficient (Wildman–Crippen LogP) is 9.05. The zero-order valence-electron chi connectivity index (χ0n) is 30.3. The van der Waals surface area contributed by atoms with E-state index in [9.17, 15) is 22.8 Å². The third kappa shape index (κ3) is 7.49. The second kappa shape index (κ2) is 13.9. The van der Waals surface area contributed by atoms with E-state index >= 15 is 4.39 Å². The van der Waals surface area contributed by atoms with Crippen molar-refractivity contribution in [3.8, 4) is 16.9 Å². The molecule has 5 rings (SSSR count). The quantitative estimate of drug-likeness (QED) is 0.224. The van der Waals surface area contributed by atoms with Gasteiger partial charge in [0.15, 0.2) is 17.7 Å². The Labute approximate surface area is 287 Å². The van der Waals surface area contributed by atoms with E-state index < -0.39 is 35.6 Å². The van der Waals surface area contributed by atoms with Gasteiger partial charge in [-0.3, -0.25) is 4.79 Å². The molecule has 10 heteroatoms. The summed E-state index contributed by atoms with van der Waals surface area (Å²) >= 11 is 0. The first-order valence-electron chi connectivity index (χ1n) is 17.6. The van der Waals surface area contributed by atoms with Crippen LogP contribution < -0.4 is 4.74 Å². The first kappa shape index (κ1) is 37.1. The summed E-state index contributed by atoms with van der Waals surface area (Å²) in [5.41, 5.74) is 4.84. The summed E-state index contributed by atoms with van der Waals surface area (Å²) in [5.74, 6) is -1.88. The summed E-state index contributed by atoms with van der Waals surface area (Å²) in [6, 6.07) is 1.40. The molecule has 6 nitrogen and oxygen atoms in total. The summed E-state index contributed by atoms with van der Waals surface area (Å²) in [5, 5.41) is 0. The number of benzene rings is 2. The van der Waals surface area contributed by atoms with E-state index in [1.54, 1.807) is 6.92 Å². The molecule has 0 spiro atoms. The molecule has 1 amide bonds. The van der Waals surface area contributed by atoms with Crippen LogP contribution in [0.4, 0.5) is 17.6 Å². The summed E-state index contributed by atoms with van der Waals surface area (Å²) < 4.78 is 75.4. The Morgan fingerprint density at radius 1 is 0.980 bits per heavy atom. The monoisotopic (exact) mass is 689 g/mol. The summed E-state index contributed by atoms with van der Waals surface area (Å²) in [6.45, 7) is 17.5. The van der Waals surface area contributed by atoms with Gasteiger partial charge < -0.3 is 19.1 Å². The number of esters is 1. The largest absolute Gasteiger partial charge is 0.490 e. The highest BCUT2D eigenvalue weighted by molar-refractivity contribution is 5.87. The zero-order chi connectivity index (χ0) is 36.2. The van der Waals surface area contributed by atoms with Crippen LogP contribution in [0.25, 0.3) is 11.1 Å². The van der Waals surface area contributed by atoms with E-state index in [1.807, 2.05) is 34.6 Å². The van der Waals surface area contributed by atoms with Gasteiger partial charge in [0.2, 0.25) is 0 Å². The lowest BCUT2D eigenvalue weighted by Crippen LogP contribution is -2.44. The number of carbonyl (C=O) groups excluding carboxylic acids is 2. The van der Waals surface area contributed by atoms with E-state index in [0.717, 1.165) is 40.9 Å². The van der Waals surface area contributed by atoms with Gasteiger partial charge in [-0.1, -0.05) is 27.2 Å². The topological polar surface area (TPSA) is 65.1 Å². The first-order valence-corrected chi connectivity index (χ1v) is 17.6. The smallest absolute Gasteiger partial charge is 0.471 e. The molecule has 3 aliphatic rings. The molecular formula is C39H51F4NO5. The number of hydrogen-bond donors (Lipinski definition) is 0. The van der Waals surface area contributed by atoms with Crippen LogP contribution in [-0.2, 0) is 38.4 Å². The fourth-order valence-corrected chi connectivity index (χ4v) is 8.21. The number of alkyl halides is 3. The van der Waals surface area contributed by atoms with Crippen LogP contribution in [0.3, 0.4) is 0 Å². The van der Waals surface area contributed by atoms with Gasteiger partial charge in [-0.25, -0.2) is 9.18 Å². The first-order chi connectivity index (χ1) is 22.8. The Kier molecular flexibility index (Phi) is 10.5. The second-order valence-corrected chi connectivity index (χ2v) is 15.7. The van der Waals surface area contributed by atoms with Gasteiger partial charge in [-0.2, -0.15) is 13.2 Å². The van der Waals surface area contributed by atoms with Gasteiger partial charge in [0, 0.05) is 24.2 Å². The molecule has 2 aromatic rings. The second-order valence-electron chi connectivity index (χ2n) is 15.7. The Hall–Kier alpha value is -3.14. The lowest BCUT2D eigenvalue weighted by Gasteiger charge is -2.39. The fourth-order valence-electron chi connectivity index (χ4n) is 8.21. The molecule has 0 bridgehead atoms. The van der Waals surface area contributed by atoms with E-state index in [-0.39, 0.29) is 37.3 Å². The molecule has 0 aromatic heterocycles. The number of rotatable bonds is 6. The van der Waals surface area contributed by atoms with Gasteiger partial charge in [-0.05, 0) is 136 Å². The van der Waals surface area contributed by atoms with Crippen LogP contribution in [0.1, 0.15) is 112 Å². The van der Waals surface area contributed by atoms with E-state index in [2.05, 4.69) is 20.8 Å². The van der Waals surface area contributed by atoms with Crippen molar-refractivity contribution >= 4 is 11.9 Å². The van der Waals surface area contributed by atoms with Gasteiger partial charge in [0.25, 0.3) is 0 Å². The molecule has 1 fully saturated rings. The molecule has 0 saturated heterocycles. The third-order valence-electron chi connectivity index (χ3n) is 10.7. The zero-order valence-corrected chi connectivity index (χ0v) is 30.3. The number of hydrogen-bond acceptors (Lipinski definition) is 5. The average Bonchev–Trinajstić information content (AvgIpc) is 3.02. The predicted molar refractivity (Wildman–Crippen MR) is 180 cm³/mol. The maximum Gasteiger partial charge on any atom is 0.471 e. The summed E-state index contributed by atoms with van der Waals surface area (Å²) in [4.78, 5) is 27.8. The van der Waals surface area contributed by atoms with E-state index in [0.29, 0.717) is 64.7 Å². The lowest BCUT2D eigenvalue weighted by atomic mass is 9.75. The molecule has 0 unspecified atom stereocenters. The average molecular weight is 690 g/mol. The highest BCUT2D eigenvalue weighted by Crippen LogP contribution is 2.47. The molecule has 1 saturated carbocycles.